The molecule has 0 amide bonds. The molecule has 0 radical (unpaired) electrons. The molecule has 108 valence electrons. The molecule has 1 aliphatic heterocycles. The van der Waals surface area contributed by atoms with Crippen molar-refractivity contribution in [1.29, 1.82) is 0 Å². The fourth-order valence-corrected chi connectivity index (χ4v) is 3.46. The normalized spacial score (nSPS) is 17.6. The summed E-state index contributed by atoms with van der Waals surface area (Å²) in [6, 6.07) is 0. The van der Waals surface area contributed by atoms with Crippen LogP contribution in [0.1, 0.15) is 24.8 Å². The van der Waals surface area contributed by atoms with Gasteiger partial charge in [0.15, 0.2) is 5.82 Å². The minimum atomic E-state index is 0.484. The molecule has 1 fully saturated rings. The van der Waals surface area contributed by atoms with Crippen molar-refractivity contribution in [3.05, 3.63) is 16.0 Å². The number of nitrogens with zero attached hydrogens (tertiary/aromatic N) is 3. The van der Waals surface area contributed by atoms with E-state index in [1.165, 1.54) is 30.9 Å². The Balaban J connectivity index is 1.56. The summed E-state index contributed by atoms with van der Waals surface area (Å²) in [7, 11) is 0. The molecule has 0 spiro atoms. The number of H-pyrrole nitrogens is 2. The highest BCUT2D eigenvalue weighted by Gasteiger charge is 2.16. The van der Waals surface area contributed by atoms with Gasteiger partial charge >= 0.3 is 0 Å². The Hall–Kier alpha value is -1.05. The van der Waals surface area contributed by atoms with Crippen LogP contribution in [-0.4, -0.2) is 44.7 Å². The summed E-state index contributed by atoms with van der Waals surface area (Å²) < 4.78 is 0.484. The zero-order valence-corrected chi connectivity index (χ0v) is 13.2. The van der Waals surface area contributed by atoms with Crippen molar-refractivity contribution >= 4 is 23.6 Å². The summed E-state index contributed by atoms with van der Waals surface area (Å²) in [5, 5.41) is 6.95. The van der Waals surface area contributed by atoms with Crippen molar-refractivity contribution in [2.24, 2.45) is 5.92 Å². The number of hydrogen-bond acceptors (Lipinski definition) is 5. The maximum Gasteiger partial charge on any atom is 0.213 e. The van der Waals surface area contributed by atoms with E-state index in [0.29, 0.717) is 4.77 Å². The standard InChI is InChI=1S/C13H19N5S2/c1-9-2-5-18(6-3-9)7-4-11-14-8-10(20-11)12-15-13(19)17-16-12/h8-9H,2-7H2,1H3,(H2,15,16,17,19). The van der Waals surface area contributed by atoms with Gasteiger partial charge in [-0.25, -0.2) is 4.98 Å². The van der Waals surface area contributed by atoms with E-state index in [2.05, 4.69) is 32.0 Å². The van der Waals surface area contributed by atoms with Gasteiger partial charge in [0, 0.05) is 19.2 Å². The predicted octanol–water partition coefficient (Wildman–Crippen LogP) is 2.87. The van der Waals surface area contributed by atoms with Gasteiger partial charge in [-0.2, -0.15) is 4.98 Å². The van der Waals surface area contributed by atoms with Gasteiger partial charge in [-0.15, -0.1) is 11.3 Å². The van der Waals surface area contributed by atoms with Crippen LogP contribution in [0.15, 0.2) is 6.20 Å². The largest absolute Gasteiger partial charge is 0.303 e. The second kappa shape index (κ2) is 6.15. The number of aromatic nitrogens is 4. The highest BCUT2D eigenvalue weighted by Crippen LogP contribution is 2.23. The van der Waals surface area contributed by atoms with Gasteiger partial charge in [-0.05, 0) is 44.1 Å². The lowest BCUT2D eigenvalue weighted by molar-refractivity contribution is 0.194. The summed E-state index contributed by atoms with van der Waals surface area (Å²) in [5.41, 5.74) is 0. The van der Waals surface area contributed by atoms with Gasteiger partial charge in [0.2, 0.25) is 4.77 Å². The molecule has 0 bridgehead atoms. The third-order valence-corrected chi connectivity index (χ3v) is 5.06. The highest BCUT2D eigenvalue weighted by molar-refractivity contribution is 7.71. The van der Waals surface area contributed by atoms with Crippen molar-refractivity contribution in [2.45, 2.75) is 26.2 Å². The summed E-state index contributed by atoms with van der Waals surface area (Å²) in [6.07, 6.45) is 5.55. The van der Waals surface area contributed by atoms with Gasteiger partial charge in [0.25, 0.3) is 0 Å². The van der Waals surface area contributed by atoms with Gasteiger partial charge in [-0.1, -0.05) is 6.92 Å². The van der Waals surface area contributed by atoms with E-state index in [0.717, 1.165) is 29.6 Å². The maximum absolute atomic E-state index is 4.97. The van der Waals surface area contributed by atoms with Crippen molar-refractivity contribution in [2.75, 3.05) is 19.6 Å². The molecular formula is C13H19N5S2. The molecule has 0 aliphatic carbocycles. The topological polar surface area (TPSA) is 60.6 Å². The van der Waals surface area contributed by atoms with E-state index < -0.39 is 0 Å². The average molecular weight is 309 g/mol. The first-order valence-electron chi connectivity index (χ1n) is 7.03. The van der Waals surface area contributed by atoms with E-state index in [1.54, 1.807) is 11.3 Å². The van der Waals surface area contributed by atoms with Crippen LogP contribution in [0.2, 0.25) is 0 Å². The van der Waals surface area contributed by atoms with E-state index in [-0.39, 0.29) is 0 Å². The van der Waals surface area contributed by atoms with Crippen LogP contribution < -0.4 is 0 Å². The van der Waals surface area contributed by atoms with Crippen LogP contribution in [0.5, 0.6) is 0 Å². The lowest BCUT2D eigenvalue weighted by Crippen LogP contribution is -2.34. The number of hydrogen-bond donors (Lipinski definition) is 2. The monoisotopic (exact) mass is 309 g/mol. The Labute approximate surface area is 127 Å². The SMILES string of the molecule is CC1CCN(CCc2ncc(-c3nc(=S)[nH][nH]3)s2)CC1. The molecule has 0 atom stereocenters. The fourth-order valence-electron chi connectivity index (χ4n) is 2.46. The molecule has 0 unspecified atom stereocenters. The van der Waals surface area contributed by atoms with Gasteiger partial charge in [0.05, 0.1) is 9.88 Å². The molecular weight excluding hydrogens is 290 g/mol. The lowest BCUT2D eigenvalue weighted by atomic mass is 9.99. The molecule has 2 aromatic rings. The number of rotatable bonds is 4. The summed E-state index contributed by atoms with van der Waals surface area (Å²) in [4.78, 5) is 12.3. The number of thiazole rings is 1. The zero-order chi connectivity index (χ0) is 13.9. The Bertz CT molecular complexity index is 606. The molecule has 0 saturated carbocycles. The van der Waals surface area contributed by atoms with E-state index in [4.69, 9.17) is 12.2 Å². The second-order valence-electron chi connectivity index (χ2n) is 5.41. The van der Waals surface area contributed by atoms with Crippen LogP contribution in [-0.2, 0) is 6.42 Å². The summed E-state index contributed by atoms with van der Waals surface area (Å²) >= 11 is 6.66. The molecule has 20 heavy (non-hydrogen) atoms. The molecule has 0 aromatic carbocycles. The number of piperidine rings is 1. The molecule has 1 aliphatic rings. The lowest BCUT2D eigenvalue weighted by Gasteiger charge is -2.29. The Kier molecular flexibility index (Phi) is 4.28. The van der Waals surface area contributed by atoms with Gasteiger partial charge in [0.1, 0.15) is 0 Å². The zero-order valence-electron chi connectivity index (χ0n) is 11.6. The van der Waals surface area contributed by atoms with Crippen molar-refractivity contribution < 1.29 is 0 Å². The predicted molar refractivity (Wildman–Crippen MR) is 83.4 cm³/mol. The minimum Gasteiger partial charge on any atom is -0.303 e. The fraction of sp³-hybridized carbons (Fsp3) is 0.615. The molecule has 7 heteroatoms. The van der Waals surface area contributed by atoms with Crippen LogP contribution in [0.3, 0.4) is 0 Å². The van der Waals surface area contributed by atoms with E-state index in [9.17, 15) is 0 Å². The molecule has 2 aromatic heterocycles. The molecule has 3 rings (SSSR count). The first-order chi connectivity index (χ1) is 9.70. The van der Waals surface area contributed by atoms with Gasteiger partial charge < -0.3 is 4.90 Å². The molecule has 3 heterocycles. The summed E-state index contributed by atoms with van der Waals surface area (Å²) in [5.74, 6) is 1.67. The quantitative estimate of drug-likeness (QED) is 0.853. The summed E-state index contributed by atoms with van der Waals surface area (Å²) in [6.45, 7) is 5.91. The Morgan fingerprint density at radius 3 is 2.90 bits per heavy atom. The van der Waals surface area contributed by atoms with Crippen LogP contribution in [0, 0.1) is 10.7 Å². The first-order valence-corrected chi connectivity index (χ1v) is 8.25. The molecule has 2 N–H and O–H groups in total. The third kappa shape index (κ3) is 3.34. The van der Waals surface area contributed by atoms with Crippen molar-refractivity contribution in [3.63, 3.8) is 0 Å². The smallest absolute Gasteiger partial charge is 0.213 e. The van der Waals surface area contributed by atoms with Crippen molar-refractivity contribution in [1.82, 2.24) is 25.1 Å². The Morgan fingerprint density at radius 1 is 1.40 bits per heavy atom. The highest BCUT2D eigenvalue weighted by atomic mass is 32.1. The van der Waals surface area contributed by atoms with Crippen molar-refractivity contribution in [3.8, 4) is 10.7 Å². The average Bonchev–Trinajstić information content (AvgIpc) is 3.07. The minimum absolute atomic E-state index is 0.484. The van der Waals surface area contributed by atoms with E-state index in [1.807, 2.05) is 6.20 Å². The second-order valence-corrected chi connectivity index (χ2v) is 6.91. The van der Waals surface area contributed by atoms with Gasteiger partial charge in [-0.3, -0.25) is 10.2 Å². The Morgan fingerprint density at radius 2 is 2.20 bits per heavy atom. The number of nitrogens with one attached hydrogen (secondary N) is 2. The number of aromatic amines is 2. The number of likely N-dealkylation sites (tertiary alicyclic amines) is 1. The first kappa shape index (κ1) is 13.9. The van der Waals surface area contributed by atoms with Crippen LogP contribution in [0.25, 0.3) is 10.7 Å². The third-order valence-electron chi connectivity index (χ3n) is 3.81. The van der Waals surface area contributed by atoms with Crippen LogP contribution in [0.4, 0.5) is 0 Å². The molecule has 5 nitrogen and oxygen atoms in total. The van der Waals surface area contributed by atoms with E-state index >= 15 is 0 Å². The molecule has 1 saturated heterocycles. The van der Waals surface area contributed by atoms with Crippen LogP contribution >= 0.6 is 23.6 Å². The maximum atomic E-state index is 4.97.